The van der Waals surface area contributed by atoms with Gasteiger partial charge >= 0.3 is 11.9 Å². The Bertz CT molecular complexity index is 1030. The van der Waals surface area contributed by atoms with Crippen LogP contribution in [-0.4, -0.2) is 107 Å². The van der Waals surface area contributed by atoms with Crippen LogP contribution >= 0.6 is 36.2 Å². The van der Waals surface area contributed by atoms with Crippen molar-refractivity contribution in [1.82, 2.24) is 30.4 Å². The molecule has 2 amide bonds. The molecule has 3 rings (SSSR count). The Morgan fingerprint density at radius 1 is 1.41 bits per heavy atom. The molecule has 1 fully saturated rings. The first kappa shape index (κ1) is 26.3. The Hall–Kier alpha value is -2.34. The zero-order chi connectivity index (χ0) is 25.2. The smallest absolute Gasteiger partial charge is 0.352 e. The Balaban J connectivity index is 1.76. The molecule has 3 heterocycles. The summed E-state index contributed by atoms with van der Waals surface area (Å²) in [6, 6.07) is -1.99. The van der Waals surface area contributed by atoms with Gasteiger partial charge in [0.25, 0.3) is 5.91 Å². The number of carbonyl (C=O) groups excluding carboxylic acids is 2. The zero-order valence-corrected chi connectivity index (χ0v) is 20.6. The van der Waals surface area contributed by atoms with Crippen molar-refractivity contribution in [3.63, 3.8) is 0 Å². The summed E-state index contributed by atoms with van der Waals surface area (Å²) in [5.74, 6) is -3.76. The van der Waals surface area contributed by atoms with Gasteiger partial charge in [-0.1, -0.05) is 11.8 Å². The topological polar surface area (TPSA) is 203 Å². The van der Waals surface area contributed by atoms with Crippen molar-refractivity contribution in [3.05, 3.63) is 11.3 Å². The number of thiol groups is 1. The Labute approximate surface area is 207 Å². The summed E-state index contributed by atoms with van der Waals surface area (Å²) in [6.45, 7) is 0. The minimum absolute atomic E-state index is 0.00457. The highest BCUT2D eigenvalue weighted by Gasteiger charge is 2.68. The lowest BCUT2D eigenvalue weighted by Crippen LogP contribution is -2.84. The number of fused-ring (bicyclic) bond motifs is 1. The van der Waals surface area contributed by atoms with Crippen LogP contribution in [0.5, 0.6) is 0 Å². The Kier molecular flexibility index (Phi) is 8.12. The van der Waals surface area contributed by atoms with Gasteiger partial charge < -0.3 is 26.0 Å². The number of nitrogens with one attached hydrogen (secondary N) is 1. The highest BCUT2D eigenvalue weighted by atomic mass is 32.2. The molecule has 0 radical (unpaired) electrons. The second-order valence-corrected chi connectivity index (χ2v) is 10.1. The normalized spacial score (nSPS) is 24.9. The van der Waals surface area contributed by atoms with Crippen molar-refractivity contribution < 1.29 is 34.1 Å². The van der Waals surface area contributed by atoms with Crippen molar-refractivity contribution in [2.75, 3.05) is 24.4 Å². The third kappa shape index (κ3) is 4.88. The number of amides is 2. The second kappa shape index (κ2) is 10.5. The largest absolute Gasteiger partial charge is 0.480 e. The molecule has 1 saturated heterocycles. The van der Waals surface area contributed by atoms with E-state index in [-0.39, 0.29) is 29.4 Å². The number of carboxylic acid groups (broad SMARTS) is 2. The molecule has 0 saturated carbocycles. The molecular formula is C17H23N7O7S3. The predicted octanol–water partition coefficient (Wildman–Crippen LogP) is -1.84. The summed E-state index contributed by atoms with van der Waals surface area (Å²) >= 11 is 6.78. The number of tetrazole rings is 1. The fourth-order valence-electron chi connectivity index (χ4n) is 3.72. The first-order valence-electron chi connectivity index (χ1n) is 9.78. The number of ether oxygens (including phenoxy) is 1. The number of methoxy groups -OCH3 is 1. The van der Waals surface area contributed by atoms with Gasteiger partial charge in [-0.3, -0.25) is 19.3 Å². The van der Waals surface area contributed by atoms with Crippen molar-refractivity contribution in [1.29, 1.82) is 0 Å². The minimum Gasteiger partial charge on any atom is -0.480 e. The van der Waals surface area contributed by atoms with Crippen LogP contribution in [0.25, 0.3) is 0 Å². The maximum atomic E-state index is 13.2. The van der Waals surface area contributed by atoms with Gasteiger partial charge in [-0.15, -0.1) is 16.9 Å². The fraction of sp³-hybridized carbons (Fsp3) is 0.588. The number of aliphatic carboxylic acids is 2. The number of nitrogens with two attached hydrogens (primary N) is 1. The third-order valence-corrected chi connectivity index (χ3v) is 7.90. The number of thioether (sulfide) groups is 2. The maximum Gasteiger partial charge on any atom is 0.352 e. The summed E-state index contributed by atoms with van der Waals surface area (Å²) in [6.07, 6.45) is 0.223. The lowest BCUT2D eigenvalue weighted by molar-refractivity contribution is -0.205. The van der Waals surface area contributed by atoms with E-state index < -0.39 is 46.8 Å². The van der Waals surface area contributed by atoms with Crippen LogP contribution in [0.1, 0.15) is 6.42 Å². The molecule has 1 aromatic rings. The van der Waals surface area contributed by atoms with E-state index in [0.29, 0.717) is 10.7 Å². The highest BCUT2D eigenvalue weighted by molar-refractivity contribution is 8.00. The number of hydrogen-bond acceptors (Lipinski definition) is 12. The van der Waals surface area contributed by atoms with Gasteiger partial charge in [0.15, 0.2) is 0 Å². The standard InChI is InChI=1S/C17H23N7O7S3/c1-23-16(20-21-22-23)34-4-7-3-9(32)12-17(31-2,15(30)24(12)11(7)14(28)29)19-10(25)6-33-5-8(18)13(26)27/h8-9,12,32H,3-6,18H2,1-2H3,(H,19,25)(H,26,27)(H,28,29)/t8-,9?,12+,17+/m1/s1. The number of carbonyl (C=O) groups is 4. The van der Waals surface area contributed by atoms with Gasteiger partial charge in [-0.25, -0.2) is 9.48 Å². The third-order valence-electron chi connectivity index (χ3n) is 5.28. The van der Waals surface area contributed by atoms with Gasteiger partial charge in [-0.2, -0.15) is 12.6 Å². The minimum atomic E-state index is -1.79. The monoisotopic (exact) mass is 533 g/mol. The molecule has 1 aromatic heterocycles. The molecule has 34 heavy (non-hydrogen) atoms. The molecule has 2 aliphatic rings. The zero-order valence-electron chi connectivity index (χ0n) is 18.1. The van der Waals surface area contributed by atoms with E-state index in [0.717, 1.165) is 16.7 Å². The van der Waals surface area contributed by atoms with E-state index in [4.69, 9.17) is 15.6 Å². The molecule has 0 bridgehead atoms. The van der Waals surface area contributed by atoms with E-state index in [2.05, 4.69) is 33.5 Å². The molecule has 0 spiro atoms. The molecule has 0 aromatic carbocycles. The molecule has 186 valence electrons. The van der Waals surface area contributed by atoms with Crippen molar-refractivity contribution in [2.45, 2.75) is 34.6 Å². The van der Waals surface area contributed by atoms with Gasteiger partial charge in [0.05, 0.1) is 5.75 Å². The van der Waals surface area contributed by atoms with E-state index in [1.54, 1.807) is 7.05 Å². The number of carboxylic acids is 2. The van der Waals surface area contributed by atoms with Crippen molar-refractivity contribution >= 4 is 59.9 Å². The van der Waals surface area contributed by atoms with Crippen LogP contribution in [-0.2, 0) is 31.0 Å². The fourth-order valence-corrected chi connectivity index (χ4v) is 5.93. The average molecular weight is 534 g/mol. The molecule has 2 aliphatic heterocycles. The van der Waals surface area contributed by atoms with Crippen LogP contribution in [0, 0.1) is 0 Å². The van der Waals surface area contributed by atoms with Gasteiger partial charge in [-0.05, 0) is 22.4 Å². The van der Waals surface area contributed by atoms with Crippen LogP contribution in [0.2, 0.25) is 0 Å². The van der Waals surface area contributed by atoms with E-state index >= 15 is 0 Å². The van der Waals surface area contributed by atoms with Gasteiger partial charge in [0.1, 0.15) is 17.8 Å². The van der Waals surface area contributed by atoms with E-state index in [9.17, 15) is 24.3 Å². The van der Waals surface area contributed by atoms with E-state index in [1.807, 2.05) is 0 Å². The Morgan fingerprint density at radius 3 is 2.68 bits per heavy atom. The van der Waals surface area contributed by atoms with E-state index in [1.165, 1.54) is 23.6 Å². The SMILES string of the molecule is CO[C@]1(NC(=O)CSC[C@@H](N)C(=O)O)C(=O)N2C(C(=O)O)=C(CSc3nnnn3C)CC(S)[C@H]21. The van der Waals surface area contributed by atoms with Gasteiger partial charge in [0.2, 0.25) is 16.8 Å². The Morgan fingerprint density at radius 2 is 2.12 bits per heavy atom. The maximum absolute atomic E-state index is 13.2. The predicted molar refractivity (Wildman–Crippen MR) is 123 cm³/mol. The average Bonchev–Trinajstić information content (AvgIpc) is 3.19. The first-order valence-corrected chi connectivity index (χ1v) is 12.4. The van der Waals surface area contributed by atoms with Crippen LogP contribution in [0.4, 0.5) is 0 Å². The number of aromatic nitrogens is 4. The van der Waals surface area contributed by atoms with Crippen molar-refractivity contribution in [2.24, 2.45) is 12.8 Å². The number of hydrogen-bond donors (Lipinski definition) is 5. The van der Waals surface area contributed by atoms with Crippen molar-refractivity contribution in [3.8, 4) is 0 Å². The summed E-state index contributed by atoms with van der Waals surface area (Å²) in [4.78, 5) is 49.6. The highest BCUT2D eigenvalue weighted by Crippen LogP contribution is 2.46. The lowest BCUT2D eigenvalue weighted by atomic mass is 9.80. The van der Waals surface area contributed by atoms with Crippen LogP contribution in [0.3, 0.4) is 0 Å². The quantitative estimate of drug-likeness (QED) is 0.0919. The number of nitrogens with zero attached hydrogens (tertiary/aromatic N) is 5. The first-order chi connectivity index (χ1) is 16.0. The van der Waals surface area contributed by atoms with Crippen LogP contribution in [0.15, 0.2) is 16.4 Å². The van der Waals surface area contributed by atoms with Gasteiger partial charge in [0, 0.05) is 30.9 Å². The summed E-state index contributed by atoms with van der Waals surface area (Å²) < 4.78 is 6.85. The molecule has 4 atom stereocenters. The molecule has 0 aliphatic carbocycles. The molecule has 17 heteroatoms. The second-order valence-electron chi connectivity index (χ2n) is 7.47. The number of aryl methyl sites for hydroxylation is 1. The van der Waals surface area contributed by atoms with Crippen LogP contribution < -0.4 is 11.1 Å². The molecule has 5 N–H and O–H groups in total. The molecular weight excluding hydrogens is 510 g/mol. The lowest BCUT2D eigenvalue weighted by Gasteiger charge is -2.58. The number of rotatable bonds is 11. The summed E-state index contributed by atoms with van der Waals surface area (Å²) in [5.41, 5.74) is 3.92. The summed E-state index contributed by atoms with van der Waals surface area (Å²) in [5, 5.41) is 32.3. The number of β-lactam (4-membered cyclic amide) rings is 1. The molecule has 14 nitrogen and oxygen atoms in total. The molecule has 1 unspecified atom stereocenters. The summed E-state index contributed by atoms with van der Waals surface area (Å²) in [7, 11) is 2.88.